The Balaban J connectivity index is 0.000000347. The number of pyridine rings is 1. The minimum absolute atomic E-state index is 0. The van der Waals surface area contributed by atoms with Gasteiger partial charge in [0.1, 0.15) is 0 Å². The normalized spacial score (nSPS) is 12.3. The predicted molar refractivity (Wildman–Crippen MR) is 214 cm³/mol. The summed E-state index contributed by atoms with van der Waals surface area (Å²) in [6, 6.07) is 17.6. The smallest absolute Gasteiger partial charge is 0.162 e. The number of carbonyl (C=O) groups is 1. The monoisotopic (exact) mass is 871 g/mol. The molecule has 0 fully saturated rings. The van der Waals surface area contributed by atoms with E-state index in [1.807, 2.05) is 45.2 Å². The first-order valence-corrected chi connectivity index (χ1v) is 22.2. The van der Waals surface area contributed by atoms with Crippen molar-refractivity contribution in [2.45, 2.75) is 114 Å². The second-order valence-corrected chi connectivity index (χ2v) is 20.8. The Bertz CT molecular complexity index is 1960. The van der Waals surface area contributed by atoms with Crippen LogP contribution in [0.3, 0.4) is 0 Å². The van der Waals surface area contributed by atoms with Gasteiger partial charge < -0.3 is 5.11 Å². The van der Waals surface area contributed by atoms with Gasteiger partial charge >= 0.3 is 0 Å². The summed E-state index contributed by atoms with van der Waals surface area (Å²) in [7, 11) is -1.40. The zero-order chi connectivity index (χ0) is 35.5. The van der Waals surface area contributed by atoms with Gasteiger partial charge in [-0.25, -0.2) is 0 Å². The first-order valence-electron chi connectivity index (χ1n) is 17.9. The molecule has 0 spiro atoms. The average molecular weight is 871 g/mol. The van der Waals surface area contributed by atoms with Crippen molar-refractivity contribution in [2.24, 2.45) is 11.8 Å². The third-order valence-corrected chi connectivity index (χ3v) is 13.6. The quantitative estimate of drug-likeness (QED) is 0.0658. The zero-order valence-electron chi connectivity index (χ0n) is 31.7. The van der Waals surface area contributed by atoms with E-state index < -0.39 is 8.07 Å². The molecule has 6 heteroatoms. The van der Waals surface area contributed by atoms with Crippen molar-refractivity contribution in [3.63, 3.8) is 0 Å². The number of hydrogen-bond acceptors (Lipinski definition) is 4. The Morgan fingerprint density at radius 2 is 1.45 bits per heavy atom. The molecule has 3 aromatic carbocycles. The van der Waals surface area contributed by atoms with Crippen LogP contribution in [-0.2, 0) is 24.9 Å². The molecule has 0 unspecified atom stereocenters. The number of rotatable bonds is 10. The van der Waals surface area contributed by atoms with Crippen molar-refractivity contribution < 1.29 is 30.0 Å². The van der Waals surface area contributed by atoms with Crippen LogP contribution in [0.2, 0.25) is 19.6 Å². The molecule has 5 aromatic rings. The van der Waals surface area contributed by atoms with Gasteiger partial charge in [0.2, 0.25) is 0 Å². The summed E-state index contributed by atoms with van der Waals surface area (Å²) in [5.74, 6) is 0.984. The van der Waals surface area contributed by atoms with E-state index >= 15 is 0 Å². The molecule has 2 aromatic heterocycles. The van der Waals surface area contributed by atoms with Crippen molar-refractivity contribution in [1.82, 2.24) is 4.98 Å². The van der Waals surface area contributed by atoms with Gasteiger partial charge in [0, 0.05) is 64.7 Å². The second kappa shape index (κ2) is 17.1. The van der Waals surface area contributed by atoms with Crippen LogP contribution in [0.1, 0.15) is 95.4 Å². The molecule has 0 aliphatic rings. The summed E-state index contributed by atoms with van der Waals surface area (Å²) < 4.78 is 2.69. The van der Waals surface area contributed by atoms with Gasteiger partial charge in [-0.3, -0.25) is 9.78 Å². The molecule has 0 atom stereocenters. The van der Waals surface area contributed by atoms with Crippen molar-refractivity contribution in [3.05, 3.63) is 82.8 Å². The molecule has 2 heterocycles. The number of aromatic nitrogens is 1. The van der Waals surface area contributed by atoms with Gasteiger partial charge in [0.25, 0.3) is 0 Å². The molecule has 0 aliphatic carbocycles. The number of carbonyl (C=O) groups excluding carboxylic acids is 1. The summed E-state index contributed by atoms with van der Waals surface area (Å²) in [5.41, 5.74) is 7.64. The van der Waals surface area contributed by atoms with Gasteiger partial charge in [-0.2, -0.15) is 0 Å². The minimum Gasteiger partial charge on any atom is -0.512 e. The Hall–Kier alpha value is -2.63. The number of hydrogen-bond donors (Lipinski definition) is 1. The van der Waals surface area contributed by atoms with E-state index in [0.717, 1.165) is 36.9 Å². The van der Waals surface area contributed by atoms with Crippen LogP contribution in [0.4, 0.5) is 0 Å². The van der Waals surface area contributed by atoms with Crippen LogP contribution >= 0.6 is 11.3 Å². The molecule has 0 saturated heterocycles. The first kappa shape index (κ1) is 40.8. The van der Waals surface area contributed by atoms with E-state index in [2.05, 4.69) is 96.7 Å². The Morgan fingerprint density at radius 1 is 0.857 bits per heavy atom. The van der Waals surface area contributed by atoms with Gasteiger partial charge in [-0.05, 0) is 69.4 Å². The molecule has 0 aliphatic heterocycles. The van der Waals surface area contributed by atoms with Gasteiger partial charge in [0.05, 0.1) is 13.8 Å². The summed E-state index contributed by atoms with van der Waals surface area (Å²) in [4.78, 5) is 16.6. The molecule has 49 heavy (non-hydrogen) atoms. The van der Waals surface area contributed by atoms with E-state index in [0.29, 0.717) is 5.92 Å². The molecular weight excluding hydrogens is 815 g/mol. The largest absolute Gasteiger partial charge is 0.512 e. The maximum atomic E-state index is 11.7. The van der Waals surface area contributed by atoms with Crippen molar-refractivity contribution in [3.8, 4) is 11.3 Å². The fourth-order valence-corrected chi connectivity index (χ4v) is 10.1. The molecule has 3 nitrogen and oxygen atoms in total. The van der Waals surface area contributed by atoms with Gasteiger partial charge in [-0.15, -0.1) is 40.5 Å². The van der Waals surface area contributed by atoms with Crippen LogP contribution in [0, 0.1) is 38.7 Å². The van der Waals surface area contributed by atoms with Crippen LogP contribution in [0.15, 0.2) is 54.4 Å². The third kappa shape index (κ3) is 8.82. The summed E-state index contributed by atoms with van der Waals surface area (Å²) in [6.07, 6.45) is 6.88. The number of allylic oxidation sites excluding steroid dienone is 2. The van der Waals surface area contributed by atoms with Gasteiger partial charge in [-0.1, -0.05) is 107 Å². The van der Waals surface area contributed by atoms with E-state index in [1.165, 1.54) is 59.3 Å². The van der Waals surface area contributed by atoms with Crippen molar-refractivity contribution in [2.75, 3.05) is 0 Å². The SMILES string of the molecule is CCC(CC)C(=O)/C=C(\O)C(CC)CC.Cc1cc2[c-]c(-c3nccc4c3sc3c(C)c([Si](C)(C)C)ccc34)cc(C(C)C)c2cc1C.[Ir]. The Labute approximate surface area is 314 Å². The van der Waals surface area contributed by atoms with E-state index in [1.54, 1.807) is 5.19 Å². The number of aliphatic hydroxyl groups is 1. The van der Waals surface area contributed by atoms with Crippen LogP contribution in [0.25, 0.3) is 42.2 Å². The summed E-state index contributed by atoms with van der Waals surface area (Å²) in [6.45, 7) is 26.6. The summed E-state index contributed by atoms with van der Waals surface area (Å²) >= 11 is 1.90. The molecule has 5 rings (SSSR count). The molecule has 0 saturated carbocycles. The molecule has 1 radical (unpaired) electrons. The third-order valence-electron chi connectivity index (χ3n) is 10.1. The number of aliphatic hydroxyl groups excluding tert-OH is 1. The minimum atomic E-state index is -1.40. The fourth-order valence-electron chi connectivity index (χ4n) is 6.86. The van der Waals surface area contributed by atoms with Gasteiger partial charge in [0.15, 0.2) is 5.78 Å². The number of nitrogens with zero attached hydrogens (tertiary/aromatic N) is 1. The number of aryl methyl sites for hydroxylation is 3. The zero-order valence-corrected chi connectivity index (χ0v) is 35.9. The average Bonchev–Trinajstić information content (AvgIpc) is 3.42. The van der Waals surface area contributed by atoms with Crippen LogP contribution in [0.5, 0.6) is 0 Å². The standard InChI is InChI=1S/C30H32NSSi.C13H24O2.Ir/c1-17(2)25-16-22(15-21-13-18(3)19(4)14-26(21)25)28-30-24(11-12-31-28)23-9-10-27(33(6,7)8)20(5)29(23)32-30;1-5-10(6-2)12(14)9-13(15)11(7-3)8-4;/h9-14,16-17H,1-8H3;9-11,14H,5-8H2,1-4H3;/q-1;;/b;12-9-;. The molecule has 1 N–H and O–H groups in total. The first-order chi connectivity index (χ1) is 22.7. The molecule has 265 valence electrons. The van der Waals surface area contributed by atoms with Crippen LogP contribution < -0.4 is 5.19 Å². The Kier molecular flexibility index (Phi) is 14.2. The Morgan fingerprint density at radius 3 is 2.02 bits per heavy atom. The number of thiophene rings is 1. The molecule has 0 bridgehead atoms. The number of fused-ring (bicyclic) bond motifs is 4. The van der Waals surface area contributed by atoms with Crippen molar-refractivity contribution >= 4 is 61.3 Å². The predicted octanol–water partition coefficient (Wildman–Crippen LogP) is 12.5. The topological polar surface area (TPSA) is 50.2 Å². The second-order valence-electron chi connectivity index (χ2n) is 14.8. The molecule has 0 amide bonds. The van der Waals surface area contributed by atoms with E-state index in [4.69, 9.17) is 4.98 Å². The number of benzene rings is 3. The fraction of sp³-hybridized carbons (Fsp3) is 0.442. The number of ketones is 1. The van der Waals surface area contributed by atoms with E-state index in [9.17, 15) is 9.90 Å². The molecular formula is C43H56IrNO2SSi-. The summed E-state index contributed by atoms with van der Waals surface area (Å²) in [5, 5.41) is 16.5. The maximum Gasteiger partial charge on any atom is 0.162 e. The maximum absolute atomic E-state index is 11.7. The van der Waals surface area contributed by atoms with Crippen molar-refractivity contribution in [1.29, 1.82) is 0 Å². The van der Waals surface area contributed by atoms with E-state index in [-0.39, 0.29) is 43.5 Å². The van der Waals surface area contributed by atoms with Crippen LogP contribution in [-0.4, -0.2) is 23.9 Å².